The highest BCUT2D eigenvalue weighted by molar-refractivity contribution is 7.85. The van der Waals surface area contributed by atoms with Crippen LogP contribution in [0.2, 0.25) is 0 Å². The number of aliphatic hydroxyl groups is 1. The Morgan fingerprint density at radius 1 is 1.05 bits per heavy atom. The van der Waals surface area contributed by atoms with Gasteiger partial charge < -0.3 is 19.8 Å². The highest BCUT2D eigenvalue weighted by Crippen LogP contribution is 2.68. The predicted molar refractivity (Wildman–Crippen MR) is 138 cm³/mol. The minimum atomic E-state index is -4.50. The van der Waals surface area contributed by atoms with E-state index in [0.29, 0.717) is 43.4 Å². The van der Waals surface area contributed by atoms with Crippen LogP contribution in [-0.2, 0) is 24.7 Å². The summed E-state index contributed by atoms with van der Waals surface area (Å²) in [5.74, 6) is 0.752. The summed E-state index contributed by atoms with van der Waals surface area (Å²) in [4.78, 5) is 3.73. The third-order valence-corrected chi connectivity index (χ3v) is 12.3. The first-order valence-electron chi connectivity index (χ1n) is 14.0. The number of nitrogens with zero attached hydrogens (tertiary/aromatic N) is 1. The van der Waals surface area contributed by atoms with Gasteiger partial charge >= 0.3 is 10.4 Å². The monoisotopic (exact) mass is 577 g/mol. The van der Waals surface area contributed by atoms with Gasteiger partial charge in [0, 0.05) is 0 Å². The van der Waals surface area contributed by atoms with Gasteiger partial charge in [-0.2, -0.15) is 8.42 Å². The first-order chi connectivity index (χ1) is 17.5. The van der Waals surface area contributed by atoms with Gasteiger partial charge in [-0.1, -0.05) is 20.8 Å². The van der Waals surface area contributed by atoms with Crippen molar-refractivity contribution < 1.29 is 40.3 Å². The summed E-state index contributed by atoms with van der Waals surface area (Å²) in [5.41, 5.74) is 0.0619. The number of hydrogen-bond acceptors (Lipinski definition) is 9. The molecule has 0 heterocycles. The molecule has 4 rings (SSSR count). The Hall–Kier alpha value is -0.790. The van der Waals surface area contributed by atoms with Gasteiger partial charge in [-0.25, -0.2) is 12.6 Å². The molecule has 0 spiro atoms. The quantitative estimate of drug-likeness (QED) is 0.237. The highest BCUT2D eigenvalue weighted by Gasteiger charge is 2.63. The Morgan fingerprint density at radius 3 is 2.37 bits per heavy atom. The van der Waals surface area contributed by atoms with Crippen LogP contribution in [0.25, 0.3) is 0 Å². The molecule has 0 radical (unpaired) electrons. The Balaban J connectivity index is 1.41. The summed E-state index contributed by atoms with van der Waals surface area (Å²) in [7, 11) is -8.88. The Kier molecular flexibility index (Phi) is 8.65. The van der Waals surface area contributed by atoms with Crippen molar-refractivity contribution in [3.05, 3.63) is 0 Å². The van der Waals surface area contributed by atoms with Gasteiger partial charge in [-0.05, 0) is 116 Å². The van der Waals surface area contributed by atoms with Crippen molar-refractivity contribution in [1.82, 2.24) is 0 Å². The zero-order chi connectivity index (χ0) is 28.1. The smallest absolute Gasteiger partial charge is 0.397 e. The van der Waals surface area contributed by atoms with Crippen molar-refractivity contribution in [2.24, 2.45) is 51.3 Å². The fraction of sp³-hybridized carbons (Fsp3) is 0.962. The molecule has 0 bridgehead atoms. The highest BCUT2D eigenvalue weighted by atomic mass is 32.3. The van der Waals surface area contributed by atoms with Crippen LogP contribution in [0, 0.1) is 46.3 Å². The first-order valence-corrected chi connectivity index (χ1v) is 17.0. The average Bonchev–Trinajstić information content (AvgIpc) is 3.14. The third-order valence-electron chi connectivity index (χ3n) is 11.1. The molecule has 4 aliphatic rings. The van der Waals surface area contributed by atoms with Crippen molar-refractivity contribution in [2.75, 3.05) is 12.3 Å². The number of aliphatic imine (C=N–C) groups is 1. The van der Waals surface area contributed by atoms with Gasteiger partial charge in [-0.3, -0.25) is 4.55 Å². The van der Waals surface area contributed by atoms with Gasteiger partial charge in [0.25, 0.3) is 0 Å². The fourth-order valence-corrected chi connectivity index (χ4v) is 10.2. The van der Waals surface area contributed by atoms with Gasteiger partial charge in [0.15, 0.2) is 0 Å². The van der Waals surface area contributed by atoms with Gasteiger partial charge in [0.1, 0.15) is 0 Å². The Labute approximate surface area is 227 Å². The molecule has 0 aromatic rings. The van der Waals surface area contributed by atoms with E-state index in [4.69, 9.17) is 8.74 Å². The van der Waals surface area contributed by atoms with Crippen LogP contribution in [0.3, 0.4) is 0 Å². The van der Waals surface area contributed by atoms with Gasteiger partial charge in [0.05, 0.1) is 34.6 Å². The lowest BCUT2D eigenvalue weighted by atomic mass is 9.43. The molecule has 0 unspecified atom stereocenters. The van der Waals surface area contributed by atoms with Gasteiger partial charge in [0.2, 0.25) is 0 Å². The SMILES string of the molecule is C[C@H](CCC([O-])=NCCS(=O)(=O)[O-])[C@H]1CC[C@H]2[C@@H]3[C@H](O)C[C@@H]4C[C@H](OS(=O)(=O)O)CC[C@]4(C)[C@H]3CC[C@]12C. The maximum atomic E-state index is 12.2. The van der Waals surface area contributed by atoms with Crippen molar-refractivity contribution >= 4 is 26.4 Å². The standard InChI is InChI=1S/C26H45NO9S2/c1-16(4-7-23(29)27-12-13-37(30,31)32)19-5-6-20-24-21(9-11-26(19,20)3)25(2)10-8-18(36-38(33,34)35)14-17(25)15-22(24)28/h16-22,24,28H,4-15H2,1-3H3,(H,27,29)(H,30,31,32)(H,33,34,35)/p-2/t16-,17+,18-,19-,20+,21+,22-,24+,25+,26-/m1/s1. The van der Waals surface area contributed by atoms with Crippen molar-refractivity contribution in [1.29, 1.82) is 0 Å². The van der Waals surface area contributed by atoms with E-state index in [1.54, 1.807) is 0 Å². The summed E-state index contributed by atoms with van der Waals surface area (Å²) in [6.07, 6.45) is 6.56. The van der Waals surface area contributed by atoms with Crippen LogP contribution in [0.5, 0.6) is 0 Å². The summed E-state index contributed by atoms with van der Waals surface area (Å²) in [6, 6.07) is 0. The van der Waals surface area contributed by atoms with Crippen LogP contribution in [-0.4, -0.2) is 61.5 Å². The van der Waals surface area contributed by atoms with Crippen LogP contribution in [0.15, 0.2) is 4.99 Å². The van der Waals surface area contributed by atoms with E-state index in [-0.39, 0.29) is 47.4 Å². The molecule has 10 atom stereocenters. The molecule has 0 aliphatic heterocycles. The van der Waals surface area contributed by atoms with Crippen LogP contribution >= 0.6 is 0 Å². The molecule has 0 aromatic heterocycles. The molecule has 10 nitrogen and oxygen atoms in total. The first kappa shape index (κ1) is 30.2. The summed E-state index contributed by atoms with van der Waals surface area (Å²) < 4.78 is 68.8. The van der Waals surface area contributed by atoms with Crippen molar-refractivity contribution in [2.45, 2.75) is 97.2 Å². The lowest BCUT2D eigenvalue weighted by Crippen LogP contribution is -2.58. The molecule has 220 valence electrons. The number of hydrogen-bond donors (Lipinski definition) is 2. The average molecular weight is 578 g/mol. The molecule has 0 saturated heterocycles. The maximum Gasteiger partial charge on any atom is 0.397 e. The molecule has 0 aromatic carbocycles. The lowest BCUT2D eigenvalue weighted by molar-refractivity contribution is -0.219. The zero-order valence-electron chi connectivity index (χ0n) is 22.6. The largest absolute Gasteiger partial charge is 0.862 e. The second-order valence-corrected chi connectivity index (χ2v) is 15.6. The molecule has 38 heavy (non-hydrogen) atoms. The fourth-order valence-electron chi connectivity index (χ4n) is 9.33. The molecule has 4 fully saturated rings. The van der Waals surface area contributed by atoms with E-state index < -0.39 is 38.5 Å². The molecule has 4 aliphatic carbocycles. The molecule has 12 heteroatoms. The predicted octanol–water partition coefficient (Wildman–Crippen LogP) is 2.52. The number of aliphatic hydroxyl groups excluding tert-OH is 1. The molecule has 4 saturated carbocycles. The second-order valence-electron chi connectivity index (χ2n) is 13.0. The summed E-state index contributed by atoms with van der Waals surface area (Å²) >= 11 is 0. The number of rotatable bonds is 9. The maximum absolute atomic E-state index is 12.2. The van der Waals surface area contributed by atoms with E-state index in [2.05, 4.69) is 25.8 Å². The minimum absolute atomic E-state index is 0.000497. The topological polar surface area (TPSA) is 176 Å². The second kappa shape index (κ2) is 10.9. The van der Waals surface area contributed by atoms with E-state index in [9.17, 15) is 31.6 Å². The van der Waals surface area contributed by atoms with E-state index in [0.717, 1.165) is 32.1 Å². The van der Waals surface area contributed by atoms with Crippen molar-refractivity contribution in [3.63, 3.8) is 0 Å². The third kappa shape index (κ3) is 6.25. The van der Waals surface area contributed by atoms with Gasteiger partial charge in [-0.15, -0.1) is 0 Å². The van der Waals surface area contributed by atoms with Crippen LogP contribution in [0.1, 0.15) is 85.0 Å². The number of fused-ring (bicyclic) bond motifs is 5. The van der Waals surface area contributed by atoms with E-state index in [1.807, 2.05) is 0 Å². The van der Waals surface area contributed by atoms with Crippen LogP contribution in [0.4, 0.5) is 0 Å². The molecule has 2 N–H and O–H groups in total. The summed E-state index contributed by atoms with van der Waals surface area (Å²) in [6.45, 7) is 6.54. The summed E-state index contributed by atoms with van der Waals surface area (Å²) in [5, 5.41) is 23.6. The molecule has 0 amide bonds. The van der Waals surface area contributed by atoms with E-state index >= 15 is 0 Å². The minimum Gasteiger partial charge on any atom is -0.862 e. The van der Waals surface area contributed by atoms with Crippen LogP contribution < -0.4 is 5.11 Å². The lowest BCUT2D eigenvalue weighted by Gasteiger charge is -2.62. The zero-order valence-corrected chi connectivity index (χ0v) is 24.3. The Morgan fingerprint density at radius 2 is 1.71 bits per heavy atom. The Bertz CT molecular complexity index is 1110. The molecular formula is C26H43NO9S2-2. The van der Waals surface area contributed by atoms with E-state index in [1.165, 1.54) is 0 Å². The molecular weight excluding hydrogens is 534 g/mol. The van der Waals surface area contributed by atoms with Crippen molar-refractivity contribution in [3.8, 4) is 0 Å². The normalized spacial score (nSPS) is 42.7.